The quantitative estimate of drug-likeness (QED) is 0.710. The van der Waals surface area contributed by atoms with Gasteiger partial charge in [-0.25, -0.2) is 9.97 Å². The summed E-state index contributed by atoms with van der Waals surface area (Å²) in [5.41, 5.74) is 3.20. The van der Waals surface area contributed by atoms with Crippen LogP contribution < -0.4 is 4.90 Å². The topological polar surface area (TPSA) is 61.9 Å². The van der Waals surface area contributed by atoms with Crippen molar-refractivity contribution in [3.63, 3.8) is 0 Å². The molecule has 0 bridgehead atoms. The Balaban J connectivity index is 1.68. The number of hydrogen-bond acceptors (Lipinski definition) is 4. The van der Waals surface area contributed by atoms with Crippen LogP contribution in [0.15, 0.2) is 30.7 Å². The third kappa shape index (κ3) is 3.51. The van der Waals surface area contributed by atoms with E-state index in [4.69, 9.17) is 4.98 Å². The molecular formula is C20H24N4OS. The molecule has 1 amide bonds. The van der Waals surface area contributed by atoms with Crippen molar-refractivity contribution in [3.05, 3.63) is 42.0 Å². The fraction of sp³-hybridized carbons (Fsp3) is 0.450. The predicted octanol–water partition coefficient (Wildman–Crippen LogP) is 4.70. The standard InChI is InChI=1S/C20H24N4OS/c1-2-14-8-9-17-18(10-14)26-20(23-17)24(12-16-11-21-13-22-16)19(25)15-6-4-3-5-7-15/h8-11,13,15H,2-7,12H2,1H3,(H,21,22). The Morgan fingerprint density at radius 1 is 1.31 bits per heavy atom. The number of carbonyl (C=O) groups excluding carboxylic acids is 1. The predicted molar refractivity (Wildman–Crippen MR) is 105 cm³/mol. The smallest absolute Gasteiger partial charge is 0.232 e. The first-order valence-electron chi connectivity index (χ1n) is 9.42. The van der Waals surface area contributed by atoms with E-state index in [1.165, 1.54) is 12.0 Å². The van der Waals surface area contributed by atoms with Crippen molar-refractivity contribution in [2.24, 2.45) is 5.92 Å². The van der Waals surface area contributed by atoms with E-state index in [-0.39, 0.29) is 11.8 Å². The van der Waals surface area contributed by atoms with Crippen LogP contribution in [0.2, 0.25) is 0 Å². The highest BCUT2D eigenvalue weighted by atomic mass is 32.1. The molecule has 3 aromatic rings. The van der Waals surface area contributed by atoms with Gasteiger partial charge in [-0.3, -0.25) is 9.69 Å². The van der Waals surface area contributed by atoms with Crippen LogP contribution in [0.25, 0.3) is 10.2 Å². The molecule has 2 heterocycles. The summed E-state index contributed by atoms with van der Waals surface area (Å²) in [6.07, 6.45) is 9.95. The van der Waals surface area contributed by atoms with E-state index in [0.29, 0.717) is 6.54 Å². The summed E-state index contributed by atoms with van der Waals surface area (Å²) in [6, 6.07) is 6.37. The number of aromatic amines is 1. The first-order valence-corrected chi connectivity index (χ1v) is 10.2. The van der Waals surface area contributed by atoms with E-state index >= 15 is 0 Å². The van der Waals surface area contributed by atoms with Crippen molar-refractivity contribution in [2.45, 2.75) is 52.0 Å². The molecule has 1 saturated carbocycles. The van der Waals surface area contributed by atoms with Crippen molar-refractivity contribution < 1.29 is 4.79 Å². The molecule has 0 saturated heterocycles. The number of aryl methyl sites for hydroxylation is 1. The molecule has 1 N–H and O–H groups in total. The van der Waals surface area contributed by atoms with Gasteiger partial charge in [0.15, 0.2) is 5.13 Å². The third-order valence-electron chi connectivity index (χ3n) is 5.18. The maximum Gasteiger partial charge on any atom is 0.232 e. The third-order valence-corrected chi connectivity index (χ3v) is 6.23. The number of nitrogens with one attached hydrogen (secondary N) is 1. The number of anilines is 1. The molecule has 0 aliphatic heterocycles. The first kappa shape index (κ1) is 17.2. The molecule has 136 valence electrons. The maximum absolute atomic E-state index is 13.3. The average Bonchev–Trinajstić information content (AvgIpc) is 3.34. The molecule has 1 aliphatic rings. The van der Waals surface area contributed by atoms with Gasteiger partial charge in [0.25, 0.3) is 0 Å². The number of thiazole rings is 1. The van der Waals surface area contributed by atoms with Crippen LogP contribution in [-0.4, -0.2) is 20.9 Å². The highest BCUT2D eigenvalue weighted by molar-refractivity contribution is 7.22. The lowest BCUT2D eigenvalue weighted by molar-refractivity contribution is -0.123. The molecule has 1 fully saturated rings. The van der Waals surface area contributed by atoms with Gasteiger partial charge in [-0.15, -0.1) is 0 Å². The zero-order valence-electron chi connectivity index (χ0n) is 15.1. The van der Waals surface area contributed by atoms with Crippen molar-refractivity contribution >= 4 is 32.6 Å². The summed E-state index contributed by atoms with van der Waals surface area (Å²) >= 11 is 1.61. The van der Waals surface area contributed by atoms with Crippen molar-refractivity contribution in [3.8, 4) is 0 Å². The number of rotatable bonds is 5. The Hall–Kier alpha value is -2.21. The summed E-state index contributed by atoms with van der Waals surface area (Å²) in [5.74, 6) is 0.318. The van der Waals surface area contributed by atoms with Crippen molar-refractivity contribution in [1.82, 2.24) is 15.0 Å². The second-order valence-corrected chi connectivity index (χ2v) is 8.00. The summed E-state index contributed by atoms with van der Waals surface area (Å²) in [7, 11) is 0. The first-order chi connectivity index (χ1) is 12.7. The lowest BCUT2D eigenvalue weighted by Crippen LogP contribution is -2.36. The molecule has 0 radical (unpaired) electrons. The molecule has 6 heteroatoms. The minimum atomic E-state index is 0.116. The van der Waals surface area contributed by atoms with Crippen LogP contribution in [0.5, 0.6) is 0 Å². The molecule has 5 nitrogen and oxygen atoms in total. The lowest BCUT2D eigenvalue weighted by Gasteiger charge is -2.27. The number of aromatic nitrogens is 3. The number of carbonyl (C=O) groups is 1. The fourth-order valence-electron chi connectivity index (χ4n) is 3.64. The number of benzene rings is 1. The maximum atomic E-state index is 13.3. The largest absolute Gasteiger partial charge is 0.347 e. The van der Waals surface area contributed by atoms with E-state index in [2.05, 4.69) is 35.1 Å². The molecule has 0 spiro atoms. The van der Waals surface area contributed by atoms with Gasteiger partial charge in [0.1, 0.15) is 0 Å². The number of nitrogens with zero attached hydrogens (tertiary/aromatic N) is 3. The molecule has 26 heavy (non-hydrogen) atoms. The number of fused-ring (bicyclic) bond motifs is 1. The van der Waals surface area contributed by atoms with Crippen LogP contribution in [-0.2, 0) is 17.8 Å². The van der Waals surface area contributed by atoms with Gasteiger partial charge < -0.3 is 4.98 Å². The summed E-state index contributed by atoms with van der Waals surface area (Å²) in [5, 5.41) is 0.790. The van der Waals surface area contributed by atoms with Gasteiger partial charge in [0.05, 0.1) is 28.8 Å². The van der Waals surface area contributed by atoms with E-state index in [0.717, 1.165) is 53.1 Å². The van der Waals surface area contributed by atoms with E-state index in [1.807, 2.05) is 4.90 Å². The van der Waals surface area contributed by atoms with Gasteiger partial charge in [-0.1, -0.05) is 43.6 Å². The molecule has 4 rings (SSSR count). The van der Waals surface area contributed by atoms with E-state index < -0.39 is 0 Å². The van der Waals surface area contributed by atoms with Crippen LogP contribution in [0, 0.1) is 5.92 Å². The molecule has 1 aliphatic carbocycles. The lowest BCUT2D eigenvalue weighted by atomic mass is 9.88. The SMILES string of the molecule is CCc1ccc2nc(N(Cc3cnc[nH]3)C(=O)C3CCCCC3)sc2c1. The molecular weight excluding hydrogens is 344 g/mol. The van der Waals surface area contributed by atoms with E-state index in [9.17, 15) is 4.79 Å². The average molecular weight is 369 g/mol. The van der Waals surface area contributed by atoms with Gasteiger partial charge >= 0.3 is 0 Å². The number of H-pyrrole nitrogens is 1. The Labute approximate surface area is 157 Å². The highest BCUT2D eigenvalue weighted by Gasteiger charge is 2.29. The van der Waals surface area contributed by atoms with Crippen LogP contribution in [0.3, 0.4) is 0 Å². The van der Waals surface area contributed by atoms with Gasteiger partial charge in [0, 0.05) is 12.1 Å². The Bertz CT molecular complexity index is 880. The number of imidazole rings is 1. The molecule has 1 aromatic carbocycles. The van der Waals surface area contributed by atoms with Crippen LogP contribution in [0.4, 0.5) is 5.13 Å². The molecule has 2 aromatic heterocycles. The van der Waals surface area contributed by atoms with Gasteiger partial charge in [-0.05, 0) is 37.0 Å². The van der Waals surface area contributed by atoms with Gasteiger partial charge in [-0.2, -0.15) is 0 Å². The van der Waals surface area contributed by atoms with Crippen LogP contribution in [0.1, 0.15) is 50.3 Å². The minimum Gasteiger partial charge on any atom is -0.347 e. The zero-order valence-corrected chi connectivity index (χ0v) is 15.9. The Kier molecular flexibility index (Phi) is 5.02. The second kappa shape index (κ2) is 7.58. The zero-order chi connectivity index (χ0) is 17.9. The van der Waals surface area contributed by atoms with Crippen molar-refractivity contribution in [1.29, 1.82) is 0 Å². The Morgan fingerprint density at radius 2 is 2.15 bits per heavy atom. The monoisotopic (exact) mass is 368 g/mol. The summed E-state index contributed by atoms with van der Waals surface area (Å²) < 4.78 is 1.14. The number of amides is 1. The minimum absolute atomic E-state index is 0.116. The second-order valence-electron chi connectivity index (χ2n) is 6.99. The Morgan fingerprint density at radius 3 is 2.88 bits per heavy atom. The van der Waals surface area contributed by atoms with Gasteiger partial charge in [0.2, 0.25) is 5.91 Å². The summed E-state index contributed by atoms with van der Waals surface area (Å²) in [6.45, 7) is 2.65. The van der Waals surface area contributed by atoms with Crippen molar-refractivity contribution in [2.75, 3.05) is 4.90 Å². The molecule has 0 atom stereocenters. The fourth-order valence-corrected chi connectivity index (χ4v) is 4.68. The van der Waals surface area contributed by atoms with E-state index in [1.54, 1.807) is 23.9 Å². The molecule has 0 unspecified atom stereocenters. The number of hydrogen-bond donors (Lipinski definition) is 1. The normalized spacial score (nSPS) is 15.4. The van der Waals surface area contributed by atoms with Crippen LogP contribution >= 0.6 is 11.3 Å². The summed E-state index contributed by atoms with van der Waals surface area (Å²) in [4.78, 5) is 27.1. The highest BCUT2D eigenvalue weighted by Crippen LogP contribution is 2.33.